The van der Waals surface area contributed by atoms with Crippen LogP contribution in [0, 0.1) is 124 Å². The number of terminal acetylenes is 1. The number of carbonyl (C=O) groups excluding carboxylic acids is 2. The van der Waals surface area contributed by atoms with Crippen molar-refractivity contribution in [2.45, 2.75) is 247 Å². The molecule has 0 aliphatic carbocycles. The molecule has 1 saturated heterocycles. The van der Waals surface area contributed by atoms with Gasteiger partial charge in [0.2, 0.25) is 0 Å². The van der Waals surface area contributed by atoms with E-state index < -0.39 is 23.4 Å². The molecule has 0 spiro atoms. The fourth-order valence-corrected chi connectivity index (χ4v) is 10.5. The summed E-state index contributed by atoms with van der Waals surface area (Å²) < 4.78 is 43.3. The van der Waals surface area contributed by atoms with Crippen LogP contribution >= 0.6 is 0 Å². The Morgan fingerprint density at radius 3 is 1.42 bits per heavy atom. The molecule has 1 heterocycles. The van der Waals surface area contributed by atoms with Crippen LogP contribution in [0.2, 0.25) is 0 Å². The molecule has 2 rings (SSSR count). The number of esters is 2. The third-order valence-corrected chi connectivity index (χ3v) is 16.1. The van der Waals surface area contributed by atoms with Crippen molar-refractivity contribution in [1.29, 1.82) is 0 Å². The van der Waals surface area contributed by atoms with Crippen molar-refractivity contribution in [2.24, 2.45) is 16.2 Å². The van der Waals surface area contributed by atoms with E-state index in [-0.39, 0.29) is 37.7 Å². The van der Waals surface area contributed by atoms with E-state index in [2.05, 4.69) is 129 Å². The lowest BCUT2D eigenvalue weighted by atomic mass is 9.72. The van der Waals surface area contributed by atoms with Gasteiger partial charge in [0.05, 0.1) is 31.5 Å². The lowest BCUT2D eigenvalue weighted by molar-refractivity contribution is -0.893. The number of quaternary nitrogens is 1. The normalized spacial score (nSPS) is 13.1. The van der Waals surface area contributed by atoms with Crippen molar-refractivity contribution >= 4 is 24.5 Å². The van der Waals surface area contributed by atoms with Crippen LogP contribution in [0.3, 0.4) is 0 Å². The van der Waals surface area contributed by atoms with E-state index in [4.69, 9.17) is 39.4 Å². The van der Waals surface area contributed by atoms with Crippen LogP contribution in [0.4, 0.5) is 0 Å². The van der Waals surface area contributed by atoms with Crippen LogP contribution in [0.1, 0.15) is 241 Å². The Morgan fingerprint density at radius 1 is 0.562 bits per heavy atom. The zero-order chi connectivity index (χ0) is 64.8. The second-order valence-corrected chi connectivity index (χ2v) is 25.8. The second-order valence-electron chi connectivity index (χ2n) is 25.8. The largest absolute Gasteiger partial charge is 0.493 e. The van der Waals surface area contributed by atoms with Gasteiger partial charge in [0.1, 0.15) is 44.3 Å². The Balaban J connectivity index is 1.82. The maximum absolute atomic E-state index is 13.9. The summed E-state index contributed by atoms with van der Waals surface area (Å²) in [5.74, 6) is 39.8. The van der Waals surface area contributed by atoms with Crippen molar-refractivity contribution in [3.63, 3.8) is 0 Å². The van der Waals surface area contributed by atoms with E-state index in [0.717, 1.165) is 38.1 Å². The molecule has 1 aliphatic rings. The lowest BCUT2D eigenvalue weighted by Gasteiger charge is -2.38. The van der Waals surface area contributed by atoms with Gasteiger partial charge in [0, 0.05) is 79.2 Å². The predicted octanol–water partition coefficient (Wildman–Crippen LogP) is 14.8. The van der Waals surface area contributed by atoms with Gasteiger partial charge >= 0.3 is 19.1 Å². The Morgan fingerprint density at radius 2 is 0.978 bits per heavy atom. The minimum Gasteiger partial charge on any atom is -0.465 e. The molecule has 0 aromatic heterocycles. The predicted molar refractivity (Wildman–Crippen MR) is 365 cm³/mol. The van der Waals surface area contributed by atoms with Crippen LogP contribution in [0.5, 0.6) is 5.75 Å². The van der Waals surface area contributed by atoms with Crippen molar-refractivity contribution in [1.82, 2.24) is 0 Å². The summed E-state index contributed by atoms with van der Waals surface area (Å²) in [7, 11) is 3.74. The van der Waals surface area contributed by atoms with Gasteiger partial charge in [-0.05, 0) is 111 Å². The molecule has 1 aliphatic heterocycles. The summed E-state index contributed by atoms with van der Waals surface area (Å²) in [6, 6.07) is 7.19. The monoisotopic (exact) mass is 1220 g/mol. The zero-order valence-electron chi connectivity index (χ0n) is 56.7. The van der Waals surface area contributed by atoms with Crippen molar-refractivity contribution in [3.8, 4) is 113 Å². The molecule has 0 amide bonds. The molecule has 10 nitrogen and oxygen atoms in total. The van der Waals surface area contributed by atoms with Crippen LogP contribution < -0.4 is 10.2 Å². The highest BCUT2D eigenvalue weighted by Crippen LogP contribution is 2.39. The first-order valence-corrected chi connectivity index (χ1v) is 33.9. The van der Waals surface area contributed by atoms with Crippen LogP contribution in [-0.2, 0) is 37.8 Å². The number of ether oxygens (including phenoxy) is 5. The molecule has 0 saturated carbocycles. The number of rotatable bonds is 47. The molecule has 1 aromatic rings. The number of benzene rings is 1. The molecule has 2 unspecified atom stereocenters. The Kier molecular flexibility index (Phi) is 44.9. The van der Waals surface area contributed by atoms with Crippen molar-refractivity contribution in [3.05, 3.63) is 24.3 Å². The molecular weight excluding hydrogens is 1110 g/mol. The van der Waals surface area contributed by atoms with Gasteiger partial charge in [0.25, 0.3) is 0 Å². The van der Waals surface area contributed by atoms with Crippen LogP contribution in [-0.4, -0.2) is 103 Å². The average molecular weight is 1220 g/mol. The lowest BCUT2D eigenvalue weighted by Crippen LogP contribution is -2.50. The highest BCUT2D eigenvalue weighted by Gasteiger charge is 2.44. The Hall–Kier alpha value is -6.14. The van der Waals surface area contributed by atoms with Crippen LogP contribution in [0.25, 0.3) is 0 Å². The van der Waals surface area contributed by atoms with Gasteiger partial charge in [-0.2, -0.15) is 0 Å². The maximum atomic E-state index is 13.9. The van der Waals surface area contributed by atoms with E-state index >= 15 is 0 Å². The molecule has 0 bridgehead atoms. The van der Waals surface area contributed by atoms with Crippen LogP contribution in [0.15, 0.2) is 24.3 Å². The molecule has 1 aromatic carbocycles. The number of nitrogens with zero attached hydrogens (tertiary/aromatic N) is 1. The highest BCUT2D eigenvalue weighted by molar-refractivity contribution is 6.61. The Bertz CT molecular complexity index is 2710. The van der Waals surface area contributed by atoms with Gasteiger partial charge in [-0.1, -0.05) is 207 Å². The minimum absolute atomic E-state index is 0.0496. The first kappa shape index (κ1) is 79.0. The number of likely N-dealkylation sites (N-methyl/N-ethyl adjacent to an activating group) is 1. The zero-order valence-corrected chi connectivity index (χ0v) is 56.7. The van der Waals surface area contributed by atoms with E-state index in [0.29, 0.717) is 43.0 Å². The summed E-state index contributed by atoms with van der Waals surface area (Å²) in [6.45, 7) is 18.4. The molecule has 11 heteroatoms. The minimum atomic E-state index is -0.966. The molecule has 2 atom stereocenters. The smallest absolute Gasteiger partial charge is 0.465 e. The number of hydrogen-bond acceptors (Lipinski definition) is 9. The van der Waals surface area contributed by atoms with E-state index in [1.807, 2.05) is 46.8 Å². The first-order valence-electron chi connectivity index (χ1n) is 33.9. The number of hydrogen-bond donors (Lipinski definition) is 0. The summed E-state index contributed by atoms with van der Waals surface area (Å²) in [5.41, 5.74) is -1.65. The fraction of sp³-hybridized carbons (Fsp3) is 0.667. The average Bonchev–Trinajstić information content (AvgIpc) is 2.02. The van der Waals surface area contributed by atoms with Gasteiger partial charge in [-0.3, -0.25) is 9.59 Å². The number of carbonyl (C=O) groups is 2. The topological polar surface area (TPSA) is 98.8 Å². The molecule has 89 heavy (non-hydrogen) atoms. The third-order valence-electron chi connectivity index (χ3n) is 16.1. The molecule has 1 fully saturated rings. The van der Waals surface area contributed by atoms with Gasteiger partial charge < -0.3 is 37.5 Å². The summed E-state index contributed by atoms with van der Waals surface area (Å²) in [5, 5.41) is 0. The third kappa shape index (κ3) is 41.0. The van der Waals surface area contributed by atoms with Gasteiger partial charge in [-0.25, -0.2) is 0 Å². The first-order chi connectivity index (χ1) is 43.1. The number of unbranched alkanes of at least 4 members (excludes halogenated alkanes) is 26. The quantitative estimate of drug-likeness (QED) is 0.0208. The fourth-order valence-electron chi connectivity index (χ4n) is 10.5. The molecular formula is C78H111BNO9+. The summed E-state index contributed by atoms with van der Waals surface area (Å²) in [6.07, 6.45) is 45.6. The standard InChI is InChI=1S/C78H111BNO9/c1-11-15-18-21-24-27-30-33-36-37-40-42-45-48-51-54-62-84-72-58-56-71(57-59-72)79-88-69-77(7,70-89-79)68-87-74(81)76(5,6)67-78(8,14-4)75(82)86-64-60-80(9,10)65-73(85-63-55-52-49-46-43-39-35-32-29-26-23-20-17-13-3)66-83-61-53-50-47-44-41-38-34-31-28-25-22-19-16-12-2/h1,56-59,73H,12-14,16-17,19-20,22-23,25-26,28-29,31-32,34-35,38-39,41,43-44,46-47,49-50,52-53,55,60-61,63-70H2,2-10H3/q+1. The van der Waals surface area contributed by atoms with Crippen molar-refractivity contribution < 1.29 is 47.1 Å². The molecule has 0 radical (unpaired) electrons. The van der Waals surface area contributed by atoms with E-state index in [1.165, 1.54) is 167 Å². The second kappa shape index (κ2) is 50.6. The van der Waals surface area contributed by atoms with Gasteiger partial charge in [0.15, 0.2) is 0 Å². The van der Waals surface area contributed by atoms with Gasteiger partial charge in [-0.15, -0.1) is 6.42 Å². The molecule has 484 valence electrons. The highest BCUT2D eigenvalue weighted by atomic mass is 16.6. The maximum Gasteiger partial charge on any atom is 0.493 e. The van der Waals surface area contributed by atoms with Crippen molar-refractivity contribution in [2.75, 3.05) is 73.4 Å². The summed E-state index contributed by atoms with van der Waals surface area (Å²) >= 11 is 0. The van der Waals surface area contributed by atoms with E-state index in [9.17, 15) is 9.59 Å². The Labute approximate surface area is 543 Å². The SMILES string of the molecule is C#CC#CC#CC#CC#CC#CC#CC#CC#COc1ccc(B2OCC(C)(COC(=O)C(C)(C)CC(C)(CC)C(=O)OCC[N+](C)(C)CC(COCCCCCCCCCCCCCCCC)OCCCCCCCCCCCCCCCC)CO2)cc1. The van der Waals surface area contributed by atoms with E-state index in [1.54, 1.807) is 12.1 Å². The molecule has 0 N–H and O–H groups in total. The summed E-state index contributed by atoms with van der Waals surface area (Å²) in [4.78, 5) is 27.7.